The molecular weight excluding hydrogens is 294 g/mol. The molecule has 0 bridgehead atoms. The molecule has 1 aliphatic rings. The smallest absolute Gasteiger partial charge is 0.274 e. The first-order valence-electron chi connectivity index (χ1n) is 7.60. The Morgan fingerprint density at radius 2 is 2.09 bits per heavy atom. The lowest BCUT2D eigenvalue weighted by Gasteiger charge is -2.32. The van der Waals surface area contributed by atoms with Gasteiger partial charge in [-0.1, -0.05) is 6.07 Å². The van der Waals surface area contributed by atoms with Crippen LogP contribution in [0.5, 0.6) is 0 Å². The number of aromatic nitrogens is 3. The van der Waals surface area contributed by atoms with E-state index in [2.05, 4.69) is 10.1 Å². The quantitative estimate of drug-likeness (QED) is 0.912. The summed E-state index contributed by atoms with van der Waals surface area (Å²) in [6, 6.07) is 6.98. The normalized spacial score (nSPS) is 18.0. The third-order valence-electron chi connectivity index (χ3n) is 4.08. The van der Waals surface area contributed by atoms with Crippen molar-refractivity contribution in [3.8, 4) is 0 Å². The third kappa shape index (κ3) is 3.23. The molecule has 7 nitrogen and oxygen atoms in total. The Balaban J connectivity index is 1.77. The van der Waals surface area contributed by atoms with Gasteiger partial charge < -0.3 is 10.6 Å². The van der Waals surface area contributed by atoms with Crippen LogP contribution in [-0.4, -0.2) is 44.6 Å². The van der Waals surface area contributed by atoms with Gasteiger partial charge in [-0.25, -0.2) is 4.98 Å². The Morgan fingerprint density at radius 3 is 2.78 bits per heavy atom. The van der Waals surface area contributed by atoms with Crippen LogP contribution in [0.15, 0.2) is 30.5 Å². The highest BCUT2D eigenvalue weighted by Gasteiger charge is 2.27. The first-order valence-corrected chi connectivity index (χ1v) is 7.60. The summed E-state index contributed by atoms with van der Waals surface area (Å²) in [4.78, 5) is 29.9. The van der Waals surface area contributed by atoms with Crippen LogP contribution < -0.4 is 5.73 Å². The summed E-state index contributed by atoms with van der Waals surface area (Å²) in [5.41, 5.74) is 6.81. The Kier molecular flexibility index (Phi) is 4.10. The number of piperidine rings is 1. The number of carbonyl (C=O) groups excluding carboxylic acids is 2. The minimum Gasteiger partial charge on any atom is -0.364 e. The number of likely N-dealkylation sites (tertiary alicyclic amines) is 1. The zero-order valence-electron chi connectivity index (χ0n) is 13.0. The monoisotopic (exact) mass is 313 g/mol. The molecule has 2 aromatic rings. The predicted octanol–water partition coefficient (Wildman–Crippen LogP) is 0.934. The maximum absolute atomic E-state index is 12.5. The van der Waals surface area contributed by atoms with Crippen LogP contribution in [0.1, 0.15) is 45.4 Å². The molecule has 2 amide bonds. The largest absolute Gasteiger partial charge is 0.364 e. The first kappa shape index (κ1) is 15.2. The molecule has 2 aromatic heterocycles. The van der Waals surface area contributed by atoms with Crippen molar-refractivity contribution in [1.82, 2.24) is 19.7 Å². The number of nitrogens with two attached hydrogens (primary N) is 1. The van der Waals surface area contributed by atoms with Crippen LogP contribution in [0.4, 0.5) is 0 Å². The molecule has 0 aliphatic carbocycles. The number of pyridine rings is 1. The summed E-state index contributed by atoms with van der Waals surface area (Å²) in [5.74, 6) is -0.499. The van der Waals surface area contributed by atoms with E-state index in [1.807, 2.05) is 6.07 Å². The fourth-order valence-corrected chi connectivity index (χ4v) is 2.91. The number of hydrogen-bond acceptors (Lipinski definition) is 4. The number of primary amides is 1. The van der Waals surface area contributed by atoms with Gasteiger partial charge in [0.05, 0.1) is 0 Å². The molecule has 23 heavy (non-hydrogen) atoms. The Morgan fingerprint density at radius 1 is 1.26 bits per heavy atom. The molecule has 2 N–H and O–H groups in total. The molecule has 1 atom stereocenters. The topological polar surface area (TPSA) is 94.1 Å². The summed E-state index contributed by atoms with van der Waals surface area (Å²) >= 11 is 0. The van der Waals surface area contributed by atoms with Crippen LogP contribution in [0.2, 0.25) is 0 Å². The predicted molar refractivity (Wildman–Crippen MR) is 83.8 cm³/mol. The van der Waals surface area contributed by atoms with E-state index < -0.39 is 5.91 Å². The second-order valence-electron chi connectivity index (χ2n) is 5.78. The summed E-state index contributed by atoms with van der Waals surface area (Å²) < 4.78 is 1.62. The number of nitrogens with zero attached hydrogens (tertiary/aromatic N) is 4. The minimum atomic E-state index is -0.538. The van der Waals surface area contributed by atoms with E-state index in [4.69, 9.17) is 5.73 Å². The average molecular weight is 313 g/mol. The van der Waals surface area contributed by atoms with Gasteiger partial charge >= 0.3 is 0 Å². The summed E-state index contributed by atoms with van der Waals surface area (Å²) in [7, 11) is 1.79. The van der Waals surface area contributed by atoms with Crippen molar-refractivity contribution >= 4 is 11.8 Å². The maximum Gasteiger partial charge on any atom is 0.274 e. The molecule has 3 rings (SSSR count). The van der Waals surface area contributed by atoms with Crippen LogP contribution in [0.3, 0.4) is 0 Å². The zero-order chi connectivity index (χ0) is 16.4. The van der Waals surface area contributed by atoms with Crippen LogP contribution >= 0.6 is 0 Å². The van der Waals surface area contributed by atoms with Crippen LogP contribution in [0, 0.1) is 0 Å². The molecule has 7 heteroatoms. The lowest BCUT2D eigenvalue weighted by molar-refractivity contribution is 0.0698. The van der Waals surface area contributed by atoms with Crippen molar-refractivity contribution in [3.05, 3.63) is 47.5 Å². The summed E-state index contributed by atoms with van der Waals surface area (Å²) in [6.07, 6.45) is 3.58. The molecule has 0 radical (unpaired) electrons. The van der Waals surface area contributed by atoms with Gasteiger partial charge in [0.25, 0.3) is 11.8 Å². The Bertz CT molecular complexity index is 740. The number of aryl methyl sites for hydroxylation is 1. The zero-order valence-corrected chi connectivity index (χ0v) is 13.0. The van der Waals surface area contributed by atoms with Gasteiger partial charge in [0.15, 0.2) is 0 Å². The standard InChI is InChI=1S/C16H19N5O2/c1-20-9-7-14(19-20)16(23)21-8-3-4-11(10-21)12-5-2-6-13(18-12)15(17)22/h2,5-7,9,11H,3-4,8,10H2,1H3,(H2,17,22). The molecule has 0 spiro atoms. The van der Waals surface area contributed by atoms with Crippen molar-refractivity contribution < 1.29 is 9.59 Å². The lowest BCUT2D eigenvalue weighted by atomic mass is 9.94. The van der Waals surface area contributed by atoms with Crippen molar-refractivity contribution in [1.29, 1.82) is 0 Å². The molecular formula is C16H19N5O2. The van der Waals surface area contributed by atoms with Gasteiger partial charge in [-0.3, -0.25) is 14.3 Å². The fraction of sp³-hybridized carbons (Fsp3) is 0.375. The van der Waals surface area contributed by atoms with Crippen molar-refractivity contribution in [2.45, 2.75) is 18.8 Å². The average Bonchev–Trinajstić information content (AvgIpc) is 3.01. The van der Waals surface area contributed by atoms with Gasteiger partial charge in [0, 0.05) is 37.9 Å². The van der Waals surface area contributed by atoms with Crippen LogP contribution in [-0.2, 0) is 7.05 Å². The van der Waals surface area contributed by atoms with E-state index in [-0.39, 0.29) is 17.5 Å². The molecule has 1 aliphatic heterocycles. The lowest BCUT2D eigenvalue weighted by Crippen LogP contribution is -2.39. The SMILES string of the molecule is Cn1ccc(C(=O)N2CCCC(c3cccc(C(N)=O)n3)C2)n1. The molecule has 1 unspecified atom stereocenters. The van der Waals surface area contributed by atoms with Gasteiger partial charge in [0.1, 0.15) is 11.4 Å². The van der Waals surface area contributed by atoms with E-state index >= 15 is 0 Å². The molecule has 0 aromatic carbocycles. The van der Waals surface area contributed by atoms with Crippen molar-refractivity contribution in [2.24, 2.45) is 12.8 Å². The number of hydrogen-bond donors (Lipinski definition) is 1. The molecule has 0 saturated carbocycles. The Hall–Kier alpha value is -2.70. The van der Waals surface area contributed by atoms with E-state index in [9.17, 15) is 9.59 Å². The van der Waals surface area contributed by atoms with Gasteiger partial charge in [0.2, 0.25) is 0 Å². The first-order chi connectivity index (χ1) is 11.0. The highest BCUT2D eigenvalue weighted by atomic mass is 16.2. The molecule has 3 heterocycles. The summed E-state index contributed by atoms with van der Waals surface area (Å²) in [5, 5.41) is 4.17. The van der Waals surface area contributed by atoms with Crippen molar-refractivity contribution in [3.63, 3.8) is 0 Å². The molecule has 120 valence electrons. The van der Waals surface area contributed by atoms with Gasteiger partial charge in [-0.05, 0) is 31.0 Å². The maximum atomic E-state index is 12.5. The fourth-order valence-electron chi connectivity index (χ4n) is 2.91. The van der Waals surface area contributed by atoms with E-state index in [1.54, 1.807) is 41.0 Å². The second-order valence-corrected chi connectivity index (χ2v) is 5.78. The minimum absolute atomic E-state index is 0.0682. The number of carbonyl (C=O) groups is 2. The molecule has 1 saturated heterocycles. The Labute approximate surface area is 134 Å². The van der Waals surface area contributed by atoms with Crippen LogP contribution in [0.25, 0.3) is 0 Å². The highest BCUT2D eigenvalue weighted by molar-refractivity contribution is 5.92. The third-order valence-corrected chi connectivity index (χ3v) is 4.08. The number of rotatable bonds is 3. The summed E-state index contributed by atoms with van der Waals surface area (Å²) in [6.45, 7) is 1.28. The van der Waals surface area contributed by atoms with Gasteiger partial charge in [-0.2, -0.15) is 5.10 Å². The van der Waals surface area contributed by atoms with E-state index in [1.165, 1.54) is 0 Å². The highest BCUT2D eigenvalue weighted by Crippen LogP contribution is 2.26. The number of amides is 2. The van der Waals surface area contributed by atoms with E-state index in [0.717, 1.165) is 18.5 Å². The van der Waals surface area contributed by atoms with E-state index in [0.29, 0.717) is 18.8 Å². The molecule has 1 fully saturated rings. The van der Waals surface area contributed by atoms with Gasteiger partial charge in [-0.15, -0.1) is 0 Å². The van der Waals surface area contributed by atoms with Crippen molar-refractivity contribution in [2.75, 3.05) is 13.1 Å². The second kappa shape index (κ2) is 6.20.